The highest BCUT2D eigenvalue weighted by Gasteiger charge is 2.35. The fraction of sp³-hybridized carbons (Fsp3) is 0.0972. The van der Waals surface area contributed by atoms with Crippen LogP contribution in [0.1, 0.15) is 86.1 Å². The van der Waals surface area contributed by atoms with Gasteiger partial charge in [-0.05, 0) is 359 Å². The van der Waals surface area contributed by atoms with Crippen molar-refractivity contribution < 1.29 is 26.3 Å². The van der Waals surface area contributed by atoms with Gasteiger partial charge in [0, 0.05) is 0 Å². The molecule has 0 radical (unpaired) electrons. The highest BCUT2D eigenvalue weighted by molar-refractivity contribution is 6.26. The molecule has 728 valence electrons. The molecule has 0 saturated heterocycles. The monoisotopic (exact) mass is 1950 g/mol. The molecular weight excluding hydrogens is 1840 g/mol. The van der Waals surface area contributed by atoms with Gasteiger partial charge in [0.15, 0.2) is 0 Å². The van der Waals surface area contributed by atoms with Crippen LogP contribution in [0.4, 0.5) is 26.3 Å². The molecule has 0 N–H and O–H groups in total. The molecule has 0 spiro atoms. The molecule has 0 aliphatic heterocycles. The summed E-state index contributed by atoms with van der Waals surface area (Å²) in [5, 5.41) is 22.9. The van der Waals surface area contributed by atoms with E-state index in [0.29, 0.717) is 16.5 Å². The number of alkyl halides is 6. The number of hydrogen-bond acceptors (Lipinski definition) is 0. The Morgan fingerprint density at radius 1 is 0.133 bits per heavy atom. The topological polar surface area (TPSA) is 0 Å². The van der Waals surface area contributed by atoms with Crippen LogP contribution in [0.15, 0.2) is 485 Å². The van der Waals surface area contributed by atoms with Crippen molar-refractivity contribution in [2.24, 2.45) is 0 Å². The first kappa shape index (κ1) is 97.4. The van der Waals surface area contributed by atoms with Gasteiger partial charge in [-0.2, -0.15) is 26.3 Å². The number of benzene rings is 25. The van der Waals surface area contributed by atoms with Gasteiger partial charge in [0.2, 0.25) is 0 Å². The van der Waals surface area contributed by atoms with Crippen molar-refractivity contribution in [3.8, 4) is 122 Å². The normalized spacial score (nSPS) is 11.9. The van der Waals surface area contributed by atoms with E-state index in [4.69, 9.17) is 0 Å². The lowest BCUT2D eigenvalue weighted by Crippen LogP contribution is -2.11. The zero-order valence-corrected chi connectivity index (χ0v) is 85.5. The number of aryl methyl sites for hydroxylation is 4. The second kappa shape index (κ2) is 40.1. The predicted octanol–water partition coefficient (Wildman–Crippen LogP) is 42.5. The van der Waals surface area contributed by atoms with Crippen LogP contribution in [-0.4, -0.2) is 0 Å². The fourth-order valence-corrected chi connectivity index (χ4v) is 21.8. The van der Waals surface area contributed by atoms with E-state index in [9.17, 15) is 26.3 Å². The standard InChI is InChI=1S/C40H26.C40H30.C34H34.C30H20F6/c1-2-9-28-22-31(17-16-27(28)8-1)33-21-20-32-23-30(18-19-34(32)24-33)29-11-7-12-35(25-29)40-26-36-10-3-4-13-37(36)38-14-5-6-15-39(38)40;1-27-13-17-29(18-14-27)33-21-23-35-37(25-33)38-26-34(30-19-15-28(2)16-20-30)22-24-36(38)40(32-11-7-4-8-12-32)39(35)31-9-5-3-6-10-31;1-33(2,3)25-17-19-27-29(21-25)30-22-26(34(4,5)6)18-20-28(30)32(24-15-11-8-12-16-24)31(27)23-13-9-7-10-14-23;1-17-5-3-6-19(13-17)27-25-14-18(2)9-11-23(25)24-12-10-22(30(34,35)36)16-26(24)28(27)20-7-4-8-21(15-20)29(31,32)33/h1-26H;3-26H,1-2H3;7-22H,1-6H3;3-16H,1-2H3. The summed E-state index contributed by atoms with van der Waals surface area (Å²) in [5.74, 6) is 0. The average Bonchev–Trinajstić information content (AvgIpc) is 0.724. The summed E-state index contributed by atoms with van der Waals surface area (Å²) < 4.78 is 82.2. The number of fused-ring (bicyclic) bond motifs is 14. The molecule has 0 fully saturated rings. The summed E-state index contributed by atoms with van der Waals surface area (Å²) >= 11 is 0. The molecule has 25 aromatic rings. The van der Waals surface area contributed by atoms with Gasteiger partial charge >= 0.3 is 12.4 Å². The van der Waals surface area contributed by atoms with Crippen LogP contribution in [0.3, 0.4) is 0 Å². The molecule has 0 aliphatic carbocycles. The zero-order valence-electron chi connectivity index (χ0n) is 85.5. The highest BCUT2D eigenvalue weighted by atomic mass is 19.4. The minimum absolute atomic E-state index is 0.0904. The van der Waals surface area contributed by atoms with Crippen LogP contribution in [0.2, 0.25) is 0 Å². The van der Waals surface area contributed by atoms with Crippen LogP contribution in [-0.2, 0) is 23.2 Å². The van der Waals surface area contributed by atoms with Crippen LogP contribution in [0.25, 0.3) is 230 Å². The second-order valence-corrected chi connectivity index (χ2v) is 41.9. The molecule has 0 unspecified atom stereocenters. The van der Waals surface area contributed by atoms with Crippen molar-refractivity contribution in [3.05, 3.63) is 530 Å². The Labute approximate surface area is 872 Å². The van der Waals surface area contributed by atoms with Crippen molar-refractivity contribution in [1.29, 1.82) is 0 Å². The van der Waals surface area contributed by atoms with Crippen LogP contribution in [0, 0.1) is 27.7 Å². The molecule has 0 aliphatic rings. The van der Waals surface area contributed by atoms with Crippen molar-refractivity contribution in [1.82, 2.24) is 0 Å². The molecule has 6 heteroatoms. The zero-order chi connectivity index (χ0) is 103. The lowest BCUT2D eigenvalue weighted by Gasteiger charge is -2.25. The third kappa shape index (κ3) is 19.6. The third-order valence-corrected chi connectivity index (χ3v) is 29.6. The van der Waals surface area contributed by atoms with Crippen molar-refractivity contribution in [2.45, 2.75) is 92.4 Å². The van der Waals surface area contributed by atoms with Gasteiger partial charge in [0.05, 0.1) is 11.1 Å². The van der Waals surface area contributed by atoms with Crippen LogP contribution < -0.4 is 0 Å². The number of hydrogen-bond donors (Lipinski definition) is 0. The molecule has 25 rings (SSSR count). The molecule has 0 atom stereocenters. The Bertz CT molecular complexity index is 9210. The van der Waals surface area contributed by atoms with Gasteiger partial charge in [0.1, 0.15) is 0 Å². The summed E-state index contributed by atoms with van der Waals surface area (Å²) in [4.78, 5) is 0. The summed E-state index contributed by atoms with van der Waals surface area (Å²) in [6.07, 6.45) is -9.20. The van der Waals surface area contributed by atoms with Gasteiger partial charge < -0.3 is 0 Å². The lowest BCUT2D eigenvalue weighted by atomic mass is 9.79. The minimum Gasteiger partial charge on any atom is -0.166 e. The Hall–Kier alpha value is -17.3. The maximum Gasteiger partial charge on any atom is 0.416 e. The molecular formula is C144H110F6. The molecule has 0 bridgehead atoms. The number of rotatable bonds is 11. The van der Waals surface area contributed by atoms with Crippen LogP contribution in [0.5, 0.6) is 0 Å². The second-order valence-electron chi connectivity index (χ2n) is 41.9. The summed E-state index contributed by atoms with van der Waals surface area (Å²) in [6, 6.07) is 168. The predicted molar refractivity (Wildman–Crippen MR) is 627 cm³/mol. The molecule has 25 aromatic carbocycles. The molecule has 0 saturated carbocycles. The van der Waals surface area contributed by atoms with E-state index in [1.165, 1.54) is 227 Å². The van der Waals surface area contributed by atoms with E-state index in [-0.39, 0.29) is 21.8 Å². The Morgan fingerprint density at radius 3 is 0.887 bits per heavy atom. The van der Waals surface area contributed by atoms with E-state index in [1.54, 1.807) is 0 Å². The molecule has 0 heterocycles. The Morgan fingerprint density at radius 2 is 0.420 bits per heavy atom. The summed E-state index contributed by atoms with van der Waals surface area (Å²) in [7, 11) is 0. The minimum atomic E-state index is -4.61. The van der Waals surface area contributed by atoms with Crippen molar-refractivity contribution >= 4 is 108 Å². The van der Waals surface area contributed by atoms with E-state index < -0.39 is 23.5 Å². The van der Waals surface area contributed by atoms with E-state index in [1.807, 2.05) is 56.3 Å². The first-order chi connectivity index (χ1) is 72.5. The average molecular weight is 1950 g/mol. The highest BCUT2D eigenvalue weighted by Crippen LogP contribution is 2.53. The van der Waals surface area contributed by atoms with E-state index in [2.05, 4.69) is 456 Å². The van der Waals surface area contributed by atoms with Gasteiger partial charge in [-0.15, -0.1) is 0 Å². The smallest absolute Gasteiger partial charge is 0.166 e. The van der Waals surface area contributed by atoms with Crippen molar-refractivity contribution in [3.63, 3.8) is 0 Å². The van der Waals surface area contributed by atoms with Gasteiger partial charge in [-0.1, -0.05) is 470 Å². The number of halogens is 6. The first-order valence-corrected chi connectivity index (χ1v) is 51.3. The van der Waals surface area contributed by atoms with Crippen molar-refractivity contribution in [2.75, 3.05) is 0 Å². The molecule has 0 amide bonds. The molecule has 0 aromatic heterocycles. The first-order valence-electron chi connectivity index (χ1n) is 51.3. The largest absolute Gasteiger partial charge is 0.416 e. The molecule has 0 nitrogen and oxygen atoms in total. The van der Waals surface area contributed by atoms with E-state index >= 15 is 0 Å². The van der Waals surface area contributed by atoms with Gasteiger partial charge in [-0.25, -0.2) is 0 Å². The Kier molecular flexibility index (Phi) is 26.1. The maximum absolute atomic E-state index is 13.8. The third-order valence-electron chi connectivity index (χ3n) is 29.6. The van der Waals surface area contributed by atoms with E-state index in [0.717, 1.165) is 51.7 Å². The fourth-order valence-electron chi connectivity index (χ4n) is 21.8. The quantitative estimate of drug-likeness (QED) is 0.0894. The lowest BCUT2D eigenvalue weighted by molar-refractivity contribution is -0.138. The van der Waals surface area contributed by atoms with Gasteiger partial charge in [-0.3, -0.25) is 0 Å². The maximum atomic E-state index is 13.8. The SMILES string of the molecule is CC(C)(C)c1ccc2c(-c3ccccc3)c(-c3ccccc3)c3ccc(C(C)(C)C)cc3c2c1.Cc1ccc(-c2ccc3c(-c4ccccc4)c(-c4ccccc4)c4ccc(-c5ccc(C)cc5)cc4c3c2)cc1.Cc1cccc(-c2c(-c3cccc(C(F)(F)F)c3)c3cc(C(F)(F)F)ccc3c3ccc(C)cc23)c1.c1cc(-c2ccc3cc(-c4ccc5ccccc5c4)ccc3c2)cc(-c2cc3ccccc3c3ccccc23)c1. The Balaban J connectivity index is 0.000000113. The van der Waals surface area contributed by atoms with Crippen LogP contribution >= 0.6 is 0 Å². The van der Waals surface area contributed by atoms with Gasteiger partial charge in [0.25, 0.3) is 0 Å². The summed E-state index contributed by atoms with van der Waals surface area (Å²) in [6.45, 7) is 21.9. The molecule has 150 heavy (non-hydrogen) atoms. The summed E-state index contributed by atoms with van der Waals surface area (Å²) in [5.41, 5.74) is 30.1.